The van der Waals surface area contributed by atoms with Gasteiger partial charge in [0.15, 0.2) is 11.2 Å². The highest BCUT2D eigenvalue weighted by Crippen LogP contribution is 2.23. The fraction of sp³-hybridized carbons (Fsp3) is 0.588. The maximum absolute atomic E-state index is 12.5. The first-order valence-corrected chi connectivity index (χ1v) is 9.50. The average molecular weight is 411 g/mol. The maximum atomic E-state index is 12.5. The highest BCUT2D eigenvalue weighted by atomic mass is 35.5. The Balaban J connectivity index is 1.78. The fourth-order valence-corrected chi connectivity index (χ4v) is 3.83. The number of imide groups is 1. The van der Waals surface area contributed by atoms with Gasteiger partial charge in [-0.2, -0.15) is 4.98 Å². The molecule has 0 aromatic carbocycles. The van der Waals surface area contributed by atoms with Crippen LogP contribution in [0.5, 0.6) is 0 Å². The molecule has 2 heterocycles. The molecule has 0 radical (unpaired) electrons. The highest BCUT2D eigenvalue weighted by Gasteiger charge is 2.24. The van der Waals surface area contributed by atoms with Crippen LogP contribution in [0.4, 0.5) is 4.79 Å². The van der Waals surface area contributed by atoms with Crippen LogP contribution in [0.2, 0.25) is 5.28 Å². The van der Waals surface area contributed by atoms with Crippen molar-refractivity contribution >= 4 is 34.7 Å². The number of aromatic nitrogens is 4. The van der Waals surface area contributed by atoms with Gasteiger partial charge in [0, 0.05) is 20.1 Å². The number of fused-ring (bicyclic) bond motifs is 1. The van der Waals surface area contributed by atoms with Gasteiger partial charge in [-0.05, 0) is 30.4 Å². The molecule has 10 nitrogen and oxygen atoms in total. The Morgan fingerprint density at radius 1 is 1.18 bits per heavy atom. The summed E-state index contributed by atoms with van der Waals surface area (Å²) in [5.74, 6) is -0.288. The zero-order valence-electron chi connectivity index (χ0n) is 16.0. The third kappa shape index (κ3) is 3.68. The molecular formula is C17H23ClN6O4. The number of nitrogens with one attached hydrogen (secondary N) is 2. The van der Waals surface area contributed by atoms with Crippen molar-refractivity contribution in [1.29, 1.82) is 0 Å². The number of nitrogens with zero attached hydrogens (tertiary/aromatic N) is 4. The van der Waals surface area contributed by atoms with Crippen LogP contribution in [0.3, 0.4) is 0 Å². The van der Waals surface area contributed by atoms with Gasteiger partial charge < -0.3 is 5.32 Å². The Labute approximate surface area is 165 Å². The number of carbonyl (C=O) groups is 2. The van der Waals surface area contributed by atoms with Crippen LogP contribution in [0.25, 0.3) is 11.2 Å². The van der Waals surface area contributed by atoms with E-state index < -0.39 is 23.2 Å². The molecule has 0 saturated heterocycles. The van der Waals surface area contributed by atoms with Crippen LogP contribution in [0, 0.1) is 5.92 Å². The number of halogens is 1. The van der Waals surface area contributed by atoms with Gasteiger partial charge in [0.25, 0.3) is 5.56 Å². The lowest BCUT2D eigenvalue weighted by atomic mass is 9.86. The lowest BCUT2D eigenvalue weighted by Crippen LogP contribution is -2.48. The average Bonchev–Trinajstić information content (AvgIpc) is 2.96. The van der Waals surface area contributed by atoms with Gasteiger partial charge in [-0.1, -0.05) is 19.8 Å². The Kier molecular flexibility index (Phi) is 5.59. The second-order valence-electron chi connectivity index (χ2n) is 7.23. The van der Waals surface area contributed by atoms with Gasteiger partial charge in [0.05, 0.1) is 0 Å². The smallest absolute Gasteiger partial charge is 0.332 e. The molecule has 3 amide bonds. The molecule has 1 aliphatic carbocycles. The van der Waals surface area contributed by atoms with Gasteiger partial charge >= 0.3 is 11.7 Å². The van der Waals surface area contributed by atoms with E-state index in [0.717, 1.165) is 30.3 Å². The summed E-state index contributed by atoms with van der Waals surface area (Å²) >= 11 is 6.08. The van der Waals surface area contributed by atoms with Gasteiger partial charge in [0.1, 0.15) is 6.54 Å². The molecule has 0 spiro atoms. The molecular weight excluding hydrogens is 388 g/mol. The van der Waals surface area contributed by atoms with Crippen molar-refractivity contribution in [3.05, 3.63) is 26.1 Å². The molecule has 2 aromatic rings. The molecule has 1 fully saturated rings. The minimum absolute atomic E-state index is 0.0195. The highest BCUT2D eigenvalue weighted by molar-refractivity contribution is 6.29. The van der Waals surface area contributed by atoms with Crippen molar-refractivity contribution < 1.29 is 9.59 Å². The topological polar surface area (TPSA) is 120 Å². The number of hydrogen-bond donors (Lipinski definition) is 2. The lowest BCUT2D eigenvalue weighted by Gasteiger charge is -2.29. The van der Waals surface area contributed by atoms with Gasteiger partial charge in [0.2, 0.25) is 11.2 Å². The first kappa shape index (κ1) is 20.1. The first-order valence-electron chi connectivity index (χ1n) is 9.12. The van der Waals surface area contributed by atoms with E-state index in [0.29, 0.717) is 5.92 Å². The third-order valence-electron chi connectivity index (χ3n) is 5.28. The summed E-state index contributed by atoms with van der Waals surface area (Å²) in [6, 6.07) is -0.550. The Bertz CT molecular complexity index is 1050. The summed E-state index contributed by atoms with van der Waals surface area (Å²) in [6.07, 6.45) is 4.10. The zero-order valence-corrected chi connectivity index (χ0v) is 16.7. The first-order chi connectivity index (χ1) is 13.2. The molecule has 0 unspecified atom stereocenters. The minimum atomic E-state index is -0.641. The monoisotopic (exact) mass is 410 g/mol. The van der Waals surface area contributed by atoms with Crippen molar-refractivity contribution in [2.75, 3.05) is 0 Å². The van der Waals surface area contributed by atoms with Gasteiger partial charge in [-0.15, -0.1) is 0 Å². The molecule has 152 valence electrons. The molecule has 1 saturated carbocycles. The summed E-state index contributed by atoms with van der Waals surface area (Å²) in [6.45, 7) is 1.69. The summed E-state index contributed by atoms with van der Waals surface area (Å²) in [7, 11) is 2.78. The molecule has 2 N–H and O–H groups in total. The summed E-state index contributed by atoms with van der Waals surface area (Å²) in [4.78, 5) is 53.0. The number of carbonyl (C=O) groups excluding carboxylic acids is 2. The predicted octanol–water partition coefficient (Wildman–Crippen LogP) is 0.492. The van der Waals surface area contributed by atoms with Gasteiger partial charge in [-0.3, -0.25) is 28.6 Å². The Morgan fingerprint density at radius 3 is 2.54 bits per heavy atom. The van der Waals surface area contributed by atoms with E-state index in [1.54, 1.807) is 0 Å². The molecule has 2 atom stereocenters. The molecule has 3 rings (SSSR count). The standard InChI is InChI=1S/C17H23ClN6O4/c1-9-6-4-5-7-10(9)19-16(27)20-11(25)8-24-12-13(21-15(24)18)22(2)17(28)23(3)14(12)26/h9-10H,4-8H2,1-3H3,(H2,19,20,25,27)/t9-,10-/m0/s1. The van der Waals surface area contributed by atoms with Crippen molar-refractivity contribution in [2.24, 2.45) is 20.0 Å². The van der Waals surface area contributed by atoms with E-state index in [2.05, 4.69) is 22.5 Å². The van der Waals surface area contributed by atoms with E-state index in [1.807, 2.05) is 0 Å². The molecule has 11 heteroatoms. The van der Waals surface area contributed by atoms with Crippen molar-refractivity contribution in [3.63, 3.8) is 0 Å². The summed E-state index contributed by atoms with van der Waals surface area (Å²) < 4.78 is 3.27. The molecule has 0 bridgehead atoms. The van der Waals surface area contributed by atoms with E-state index in [9.17, 15) is 19.2 Å². The number of hydrogen-bond acceptors (Lipinski definition) is 5. The fourth-order valence-electron chi connectivity index (χ4n) is 3.61. The van der Waals surface area contributed by atoms with E-state index in [-0.39, 0.29) is 29.0 Å². The number of imidazole rings is 1. The van der Waals surface area contributed by atoms with Crippen molar-refractivity contribution in [1.82, 2.24) is 29.3 Å². The lowest BCUT2D eigenvalue weighted by molar-refractivity contribution is -0.120. The van der Waals surface area contributed by atoms with Crippen LogP contribution < -0.4 is 21.9 Å². The second kappa shape index (κ2) is 7.78. The molecule has 0 aliphatic heterocycles. The van der Waals surface area contributed by atoms with Crippen LogP contribution in [-0.4, -0.2) is 36.7 Å². The van der Waals surface area contributed by atoms with Gasteiger partial charge in [-0.25, -0.2) is 9.59 Å². The normalized spacial score (nSPS) is 19.6. The number of amides is 3. The van der Waals surface area contributed by atoms with Crippen molar-refractivity contribution in [2.45, 2.75) is 45.2 Å². The van der Waals surface area contributed by atoms with E-state index in [4.69, 9.17) is 11.6 Å². The van der Waals surface area contributed by atoms with Crippen LogP contribution in [0.15, 0.2) is 9.59 Å². The second-order valence-corrected chi connectivity index (χ2v) is 7.57. The van der Waals surface area contributed by atoms with Crippen LogP contribution in [0.1, 0.15) is 32.6 Å². The Hall–Kier alpha value is -2.62. The minimum Gasteiger partial charge on any atom is -0.335 e. The summed E-state index contributed by atoms with van der Waals surface area (Å²) in [5, 5.41) is 4.97. The molecule has 2 aromatic heterocycles. The Morgan fingerprint density at radius 2 is 1.86 bits per heavy atom. The van der Waals surface area contributed by atoms with Crippen LogP contribution in [-0.2, 0) is 25.4 Å². The summed E-state index contributed by atoms with van der Waals surface area (Å²) in [5.41, 5.74) is -1.08. The largest absolute Gasteiger partial charge is 0.335 e. The van der Waals surface area contributed by atoms with Crippen LogP contribution >= 0.6 is 11.6 Å². The maximum Gasteiger partial charge on any atom is 0.332 e. The van der Waals surface area contributed by atoms with E-state index in [1.165, 1.54) is 23.2 Å². The third-order valence-corrected chi connectivity index (χ3v) is 5.57. The van der Waals surface area contributed by atoms with Crippen molar-refractivity contribution in [3.8, 4) is 0 Å². The molecule has 1 aliphatic rings. The SMILES string of the molecule is C[C@H]1CCCC[C@@H]1NC(=O)NC(=O)Cn1c(Cl)nc2c1c(=O)n(C)c(=O)n2C. The number of urea groups is 1. The number of aryl methyl sites for hydroxylation is 1. The number of rotatable bonds is 3. The zero-order chi connectivity index (χ0) is 20.6. The quantitative estimate of drug-likeness (QED) is 0.713. The predicted molar refractivity (Wildman–Crippen MR) is 103 cm³/mol. The molecule has 28 heavy (non-hydrogen) atoms. The van der Waals surface area contributed by atoms with E-state index >= 15 is 0 Å².